The lowest BCUT2D eigenvalue weighted by atomic mass is 10.1. The fourth-order valence-corrected chi connectivity index (χ4v) is 4.08. The van der Waals surface area contributed by atoms with E-state index in [0.29, 0.717) is 22.5 Å². The number of ether oxygens (including phenoxy) is 2. The third-order valence-electron chi connectivity index (χ3n) is 5.92. The molecule has 38 heavy (non-hydrogen) atoms. The predicted molar refractivity (Wildman–Crippen MR) is 137 cm³/mol. The summed E-state index contributed by atoms with van der Waals surface area (Å²) in [6.45, 7) is 1.89. The SMILES string of the molecule is CC(=O)NC[C@H]1CN(c2ccc(-c3ccc4nc(NC(=O)OCc5ccccc5)cn4c3)c(F)c2)C(=O)O1. The number of pyridine rings is 1. The number of carbonyl (C=O) groups excluding carboxylic acids is 3. The van der Waals surface area contributed by atoms with E-state index < -0.39 is 24.1 Å². The van der Waals surface area contributed by atoms with Crippen LogP contribution in [0.15, 0.2) is 73.1 Å². The molecule has 4 aromatic rings. The van der Waals surface area contributed by atoms with Gasteiger partial charge in [-0.05, 0) is 35.9 Å². The molecule has 0 aliphatic carbocycles. The highest BCUT2D eigenvalue weighted by atomic mass is 19.1. The van der Waals surface area contributed by atoms with Gasteiger partial charge in [0.15, 0.2) is 5.82 Å². The van der Waals surface area contributed by atoms with Crippen molar-refractivity contribution in [3.63, 3.8) is 0 Å². The number of halogens is 1. The second kappa shape index (κ2) is 10.6. The van der Waals surface area contributed by atoms with Crippen molar-refractivity contribution in [3.8, 4) is 11.1 Å². The molecular formula is C27H24FN5O5. The number of benzene rings is 2. The van der Waals surface area contributed by atoms with E-state index in [2.05, 4.69) is 15.6 Å². The largest absolute Gasteiger partial charge is 0.444 e. The minimum absolute atomic E-state index is 0.130. The van der Waals surface area contributed by atoms with Crippen molar-refractivity contribution in [2.45, 2.75) is 19.6 Å². The van der Waals surface area contributed by atoms with E-state index in [-0.39, 0.29) is 31.4 Å². The fourth-order valence-electron chi connectivity index (χ4n) is 4.08. The molecule has 3 heterocycles. The van der Waals surface area contributed by atoms with Crippen molar-refractivity contribution < 1.29 is 28.2 Å². The van der Waals surface area contributed by atoms with Crippen molar-refractivity contribution in [2.24, 2.45) is 0 Å². The van der Waals surface area contributed by atoms with Crippen LogP contribution in [-0.2, 0) is 20.9 Å². The van der Waals surface area contributed by atoms with E-state index in [0.717, 1.165) is 5.56 Å². The Morgan fingerprint density at radius 2 is 1.95 bits per heavy atom. The monoisotopic (exact) mass is 517 g/mol. The average molecular weight is 518 g/mol. The quantitative estimate of drug-likeness (QED) is 0.377. The summed E-state index contributed by atoms with van der Waals surface area (Å²) in [6.07, 6.45) is 1.53. The molecule has 1 saturated heterocycles. The number of aromatic nitrogens is 2. The number of carbonyl (C=O) groups is 3. The molecule has 3 amide bonds. The smallest absolute Gasteiger partial charge is 0.414 e. The van der Waals surface area contributed by atoms with Crippen LogP contribution in [0.25, 0.3) is 16.8 Å². The molecule has 1 atom stereocenters. The van der Waals surface area contributed by atoms with Crippen molar-refractivity contribution in [1.82, 2.24) is 14.7 Å². The normalized spacial score (nSPS) is 14.8. The van der Waals surface area contributed by atoms with Crippen LogP contribution in [0.1, 0.15) is 12.5 Å². The second-order valence-electron chi connectivity index (χ2n) is 8.71. The maximum absolute atomic E-state index is 15.1. The highest BCUT2D eigenvalue weighted by Crippen LogP contribution is 2.29. The van der Waals surface area contributed by atoms with Crippen LogP contribution in [0.4, 0.5) is 25.5 Å². The van der Waals surface area contributed by atoms with Gasteiger partial charge >= 0.3 is 12.2 Å². The molecule has 10 nitrogen and oxygen atoms in total. The van der Waals surface area contributed by atoms with Crippen molar-refractivity contribution in [3.05, 3.63) is 84.4 Å². The number of hydrogen-bond acceptors (Lipinski definition) is 6. The van der Waals surface area contributed by atoms with Crippen LogP contribution in [0.5, 0.6) is 0 Å². The average Bonchev–Trinajstić information content (AvgIpc) is 3.48. The molecule has 0 spiro atoms. The molecule has 2 N–H and O–H groups in total. The highest BCUT2D eigenvalue weighted by molar-refractivity contribution is 5.90. The molecule has 2 aromatic heterocycles. The number of imidazole rings is 1. The molecule has 0 unspecified atom stereocenters. The summed E-state index contributed by atoms with van der Waals surface area (Å²) in [6, 6.07) is 17.2. The molecular weight excluding hydrogens is 493 g/mol. The number of amides is 3. The topological polar surface area (TPSA) is 114 Å². The highest BCUT2D eigenvalue weighted by Gasteiger charge is 2.32. The van der Waals surface area contributed by atoms with Crippen LogP contribution in [0.2, 0.25) is 0 Å². The maximum atomic E-state index is 15.1. The molecule has 1 aliphatic rings. The first-order valence-electron chi connectivity index (χ1n) is 11.8. The summed E-state index contributed by atoms with van der Waals surface area (Å²) in [7, 11) is 0. The number of nitrogens with one attached hydrogen (secondary N) is 2. The third kappa shape index (κ3) is 5.56. The van der Waals surface area contributed by atoms with Gasteiger partial charge in [-0.1, -0.05) is 30.3 Å². The molecule has 1 fully saturated rings. The number of rotatable bonds is 7. The van der Waals surface area contributed by atoms with E-state index >= 15 is 4.39 Å². The summed E-state index contributed by atoms with van der Waals surface area (Å²) < 4.78 is 27.3. The van der Waals surface area contributed by atoms with Gasteiger partial charge in [-0.3, -0.25) is 15.0 Å². The molecule has 0 saturated carbocycles. The van der Waals surface area contributed by atoms with E-state index in [9.17, 15) is 14.4 Å². The van der Waals surface area contributed by atoms with Gasteiger partial charge in [-0.2, -0.15) is 0 Å². The van der Waals surface area contributed by atoms with E-state index in [1.165, 1.54) is 17.9 Å². The summed E-state index contributed by atoms with van der Waals surface area (Å²) in [4.78, 5) is 41.2. The Labute approximate surface area is 217 Å². The van der Waals surface area contributed by atoms with Crippen LogP contribution in [-0.4, -0.2) is 46.7 Å². The summed E-state index contributed by atoms with van der Waals surface area (Å²) in [5.74, 6) is -0.462. The molecule has 5 rings (SSSR count). The molecule has 0 radical (unpaired) electrons. The van der Waals surface area contributed by atoms with Gasteiger partial charge in [0.1, 0.15) is 24.2 Å². The van der Waals surface area contributed by atoms with Gasteiger partial charge in [0.25, 0.3) is 0 Å². The Hall–Kier alpha value is -4.93. The van der Waals surface area contributed by atoms with Crippen molar-refractivity contribution in [2.75, 3.05) is 23.3 Å². The Morgan fingerprint density at radius 3 is 2.71 bits per heavy atom. The molecule has 194 valence electrons. The van der Waals surface area contributed by atoms with E-state index in [1.54, 1.807) is 41.1 Å². The van der Waals surface area contributed by atoms with Crippen molar-refractivity contribution in [1.29, 1.82) is 0 Å². The Balaban J connectivity index is 1.26. The molecule has 2 aromatic carbocycles. The van der Waals surface area contributed by atoms with Gasteiger partial charge in [0, 0.05) is 24.2 Å². The Bertz CT molecular complexity index is 1510. The van der Waals surface area contributed by atoms with Crippen LogP contribution >= 0.6 is 0 Å². The van der Waals surface area contributed by atoms with Gasteiger partial charge in [-0.15, -0.1) is 0 Å². The lowest BCUT2D eigenvalue weighted by molar-refractivity contribution is -0.119. The van der Waals surface area contributed by atoms with Gasteiger partial charge < -0.3 is 19.2 Å². The second-order valence-corrected chi connectivity index (χ2v) is 8.71. The fraction of sp³-hybridized carbons (Fsp3) is 0.185. The van der Waals surface area contributed by atoms with E-state index in [4.69, 9.17) is 9.47 Å². The molecule has 11 heteroatoms. The van der Waals surface area contributed by atoms with Gasteiger partial charge in [-0.25, -0.2) is 19.0 Å². The Kier molecular flexibility index (Phi) is 6.90. The first-order chi connectivity index (χ1) is 18.4. The minimum Gasteiger partial charge on any atom is -0.444 e. The first kappa shape index (κ1) is 24.8. The van der Waals surface area contributed by atoms with Crippen molar-refractivity contribution >= 4 is 35.2 Å². The molecule has 1 aliphatic heterocycles. The van der Waals surface area contributed by atoms with Crippen LogP contribution in [0, 0.1) is 5.82 Å². The zero-order valence-corrected chi connectivity index (χ0v) is 20.4. The summed E-state index contributed by atoms with van der Waals surface area (Å²) >= 11 is 0. The number of nitrogens with zero attached hydrogens (tertiary/aromatic N) is 3. The zero-order valence-electron chi connectivity index (χ0n) is 20.4. The van der Waals surface area contributed by atoms with Gasteiger partial charge in [0.2, 0.25) is 5.91 Å². The first-order valence-corrected chi connectivity index (χ1v) is 11.8. The zero-order chi connectivity index (χ0) is 26.6. The van der Waals surface area contributed by atoms with Crippen LogP contribution < -0.4 is 15.5 Å². The lowest BCUT2D eigenvalue weighted by Crippen LogP contribution is -2.33. The third-order valence-corrected chi connectivity index (χ3v) is 5.92. The molecule has 0 bridgehead atoms. The standard InChI is InChI=1S/C27H24FN5O5/c1-17(34)29-12-21-14-33(27(36)38-21)20-8-9-22(23(28)11-20)19-7-10-25-30-24(15-32(25)13-19)31-26(35)37-16-18-5-3-2-4-6-18/h2-11,13,15,21H,12,14,16H2,1H3,(H,29,34)(H,31,35)/t21-/m0/s1. The minimum atomic E-state index is -0.640. The summed E-state index contributed by atoms with van der Waals surface area (Å²) in [5, 5.41) is 5.20. The van der Waals surface area contributed by atoms with Gasteiger partial charge in [0.05, 0.1) is 25.0 Å². The predicted octanol–water partition coefficient (Wildman–Crippen LogP) is 4.35. The maximum Gasteiger partial charge on any atom is 0.414 e. The van der Waals surface area contributed by atoms with E-state index in [1.807, 2.05) is 30.3 Å². The number of anilines is 2. The number of cyclic esters (lactones) is 1. The number of hydrogen-bond donors (Lipinski definition) is 2. The Morgan fingerprint density at radius 1 is 1.13 bits per heavy atom. The number of fused-ring (bicyclic) bond motifs is 1. The van der Waals surface area contributed by atoms with Crippen LogP contribution in [0.3, 0.4) is 0 Å². The lowest BCUT2D eigenvalue weighted by Gasteiger charge is -2.14. The summed E-state index contributed by atoms with van der Waals surface area (Å²) in [5.41, 5.74) is 2.66.